The normalized spacial score (nSPS) is 11.4. The van der Waals surface area contributed by atoms with E-state index >= 15 is 0 Å². The van der Waals surface area contributed by atoms with Gasteiger partial charge in [-0.1, -0.05) is 0 Å². The quantitative estimate of drug-likeness (QED) is 0.615. The van der Waals surface area contributed by atoms with Crippen molar-refractivity contribution in [2.45, 2.75) is 19.6 Å². The summed E-state index contributed by atoms with van der Waals surface area (Å²) in [4.78, 5) is 47.9. The number of amides is 2. The van der Waals surface area contributed by atoms with Crippen molar-refractivity contribution >= 4 is 11.8 Å². The Morgan fingerprint density at radius 1 is 1.20 bits per heavy atom. The van der Waals surface area contributed by atoms with E-state index in [0.717, 1.165) is 16.8 Å². The van der Waals surface area contributed by atoms with E-state index in [1.807, 2.05) is 4.98 Å². The highest BCUT2D eigenvalue weighted by Crippen LogP contribution is 2.12. The molecular weight excluding hydrogens is 335 g/mol. The molecule has 0 spiro atoms. The van der Waals surface area contributed by atoms with Gasteiger partial charge in [-0.3, -0.25) is 34.8 Å². The van der Waals surface area contributed by atoms with Gasteiger partial charge in [0.25, 0.3) is 17.4 Å². The van der Waals surface area contributed by atoms with Crippen LogP contribution in [0.15, 0.2) is 46.1 Å². The molecule has 132 valence electrons. The number of halogens is 1. The number of hydrazine groups is 1. The van der Waals surface area contributed by atoms with Crippen LogP contribution in [-0.2, 0) is 16.1 Å². The van der Waals surface area contributed by atoms with Crippen molar-refractivity contribution < 1.29 is 18.7 Å². The summed E-state index contributed by atoms with van der Waals surface area (Å²) in [6, 6.07) is 6.18. The number of rotatable bonds is 5. The zero-order valence-electron chi connectivity index (χ0n) is 13.1. The number of nitrogens with one attached hydrogen (secondary N) is 3. The summed E-state index contributed by atoms with van der Waals surface area (Å²) in [7, 11) is 0. The zero-order valence-corrected chi connectivity index (χ0v) is 13.1. The molecule has 0 radical (unpaired) electrons. The summed E-state index contributed by atoms with van der Waals surface area (Å²) in [6.07, 6.45) is 0.199. The summed E-state index contributed by atoms with van der Waals surface area (Å²) in [5.41, 5.74) is 2.93. The second-order valence-corrected chi connectivity index (χ2v) is 4.99. The molecule has 0 aliphatic heterocycles. The van der Waals surface area contributed by atoms with E-state index in [9.17, 15) is 23.6 Å². The van der Waals surface area contributed by atoms with Gasteiger partial charge in [0.1, 0.15) is 18.1 Å². The van der Waals surface area contributed by atoms with Gasteiger partial charge in [-0.05, 0) is 31.2 Å². The fourth-order valence-electron chi connectivity index (χ4n) is 1.77. The minimum atomic E-state index is -0.957. The lowest BCUT2D eigenvalue weighted by molar-refractivity contribution is -0.133. The van der Waals surface area contributed by atoms with E-state index in [1.54, 1.807) is 0 Å². The second-order valence-electron chi connectivity index (χ2n) is 4.99. The van der Waals surface area contributed by atoms with Crippen LogP contribution in [0.4, 0.5) is 4.39 Å². The molecule has 0 aliphatic carbocycles. The first-order valence-corrected chi connectivity index (χ1v) is 7.16. The molecule has 0 saturated heterocycles. The molecule has 2 rings (SSSR count). The molecule has 0 unspecified atom stereocenters. The van der Waals surface area contributed by atoms with E-state index in [1.165, 1.54) is 31.2 Å². The van der Waals surface area contributed by atoms with Crippen LogP contribution in [0.5, 0.6) is 5.75 Å². The molecule has 1 heterocycles. The van der Waals surface area contributed by atoms with Crippen LogP contribution in [0.1, 0.15) is 6.92 Å². The highest BCUT2D eigenvalue weighted by Gasteiger charge is 2.15. The topological polar surface area (TPSA) is 122 Å². The van der Waals surface area contributed by atoms with Gasteiger partial charge in [-0.15, -0.1) is 0 Å². The highest BCUT2D eigenvalue weighted by molar-refractivity contribution is 5.84. The number of carbonyl (C=O) groups is 2. The van der Waals surface area contributed by atoms with E-state index in [0.29, 0.717) is 0 Å². The van der Waals surface area contributed by atoms with Crippen molar-refractivity contribution in [3.8, 4) is 5.75 Å². The van der Waals surface area contributed by atoms with E-state index in [-0.39, 0.29) is 5.75 Å². The maximum absolute atomic E-state index is 12.8. The molecule has 2 amide bonds. The van der Waals surface area contributed by atoms with Gasteiger partial charge in [0.05, 0.1) is 0 Å². The predicted molar refractivity (Wildman–Crippen MR) is 84.1 cm³/mol. The molecule has 1 aromatic carbocycles. The maximum atomic E-state index is 12.8. The van der Waals surface area contributed by atoms with Crippen molar-refractivity contribution in [2.75, 3.05) is 0 Å². The number of hydrogen-bond donors (Lipinski definition) is 3. The summed E-state index contributed by atoms with van der Waals surface area (Å²) < 4.78 is 19.0. The average Bonchev–Trinajstić information content (AvgIpc) is 2.57. The van der Waals surface area contributed by atoms with Crippen LogP contribution < -0.4 is 26.8 Å². The molecule has 10 heteroatoms. The first-order valence-electron chi connectivity index (χ1n) is 7.16. The smallest absolute Gasteiger partial charge is 0.328 e. The number of ether oxygens (including phenoxy) is 1. The molecule has 9 nitrogen and oxygen atoms in total. The molecule has 0 bridgehead atoms. The lowest BCUT2D eigenvalue weighted by atomic mass is 10.3. The van der Waals surface area contributed by atoms with Gasteiger partial charge >= 0.3 is 5.69 Å². The molecule has 3 N–H and O–H groups in total. The molecule has 0 aliphatic rings. The van der Waals surface area contributed by atoms with Crippen molar-refractivity contribution in [2.24, 2.45) is 0 Å². The number of H-pyrrole nitrogens is 1. The van der Waals surface area contributed by atoms with Gasteiger partial charge < -0.3 is 4.74 Å². The van der Waals surface area contributed by atoms with Gasteiger partial charge in [0, 0.05) is 12.3 Å². The molecule has 0 saturated carbocycles. The summed E-state index contributed by atoms with van der Waals surface area (Å²) >= 11 is 0. The summed E-state index contributed by atoms with van der Waals surface area (Å²) in [5.74, 6) is -1.48. The number of carbonyl (C=O) groups excluding carboxylic acids is 2. The van der Waals surface area contributed by atoms with Crippen LogP contribution >= 0.6 is 0 Å². The standard InChI is InChI=1S/C15H15FN4O5/c1-9(25-11-4-2-10(16)3-5-11)14(23)19-18-13(22)8-20-7-6-12(21)17-15(20)24/h2-7,9H,8H2,1H3,(H,18,22)(H,19,23)(H,17,21,24)/t9-/m0/s1. The molecule has 25 heavy (non-hydrogen) atoms. The lowest BCUT2D eigenvalue weighted by Gasteiger charge is -2.15. The summed E-state index contributed by atoms with van der Waals surface area (Å²) in [5, 5.41) is 0. The van der Waals surface area contributed by atoms with Gasteiger partial charge in [0.15, 0.2) is 6.10 Å². The molecule has 2 aromatic rings. The van der Waals surface area contributed by atoms with Crippen LogP contribution in [0, 0.1) is 5.82 Å². The Balaban J connectivity index is 1.83. The fraction of sp³-hybridized carbons (Fsp3) is 0.200. The first kappa shape index (κ1) is 17.9. The maximum Gasteiger partial charge on any atom is 0.328 e. The van der Waals surface area contributed by atoms with E-state index < -0.39 is 41.5 Å². The van der Waals surface area contributed by atoms with Gasteiger partial charge in [-0.2, -0.15) is 0 Å². The van der Waals surface area contributed by atoms with Crippen LogP contribution in [0.25, 0.3) is 0 Å². The first-order chi connectivity index (χ1) is 11.8. The SMILES string of the molecule is C[C@H](Oc1ccc(F)cc1)C(=O)NNC(=O)Cn1ccc(=O)[nH]c1=O. The zero-order chi connectivity index (χ0) is 18.4. The van der Waals surface area contributed by atoms with E-state index in [4.69, 9.17) is 4.74 Å². The Kier molecular flexibility index (Phi) is 5.66. The molecule has 1 aromatic heterocycles. The highest BCUT2D eigenvalue weighted by atomic mass is 19.1. The number of aromatic amines is 1. The summed E-state index contributed by atoms with van der Waals surface area (Å²) in [6.45, 7) is 1.04. The number of hydrogen-bond acceptors (Lipinski definition) is 5. The third kappa shape index (κ3) is 5.30. The Labute approximate surface area is 140 Å². The average molecular weight is 350 g/mol. The van der Waals surface area contributed by atoms with Crippen LogP contribution in [-0.4, -0.2) is 27.5 Å². The van der Waals surface area contributed by atoms with Crippen molar-refractivity contribution in [1.82, 2.24) is 20.4 Å². The Morgan fingerprint density at radius 2 is 1.88 bits per heavy atom. The predicted octanol–water partition coefficient (Wildman–Crippen LogP) is -0.709. The van der Waals surface area contributed by atoms with Crippen LogP contribution in [0.3, 0.4) is 0 Å². The van der Waals surface area contributed by atoms with Crippen molar-refractivity contribution in [3.05, 3.63) is 63.2 Å². The molecule has 1 atom stereocenters. The second kappa shape index (κ2) is 7.90. The number of benzene rings is 1. The van der Waals surface area contributed by atoms with Crippen molar-refractivity contribution in [1.29, 1.82) is 0 Å². The third-order valence-electron chi connectivity index (χ3n) is 3.03. The Morgan fingerprint density at radius 3 is 2.52 bits per heavy atom. The molecular formula is C15H15FN4O5. The monoisotopic (exact) mass is 350 g/mol. The molecule has 0 fully saturated rings. The fourth-order valence-corrected chi connectivity index (χ4v) is 1.77. The minimum absolute atomic E-state index is 0.287. The number of nitrogens with zero attached hydrogens (tertiary/aromatic N) is 1. The van der Waals surface area contributed by atoms with E-state index in [2.05, 4.69) is 10.9 Å². The van der Waals surface area contributed by atoms with Gasteiger partial charge in [0.2, 0.25) is 0 Å². The Bertz CT molecular complexity index is 874. The largest absolute Gasteiger partial charge is 0.481 e. The third-order valence-corrected chi connectivity index (χ3v) is 3.03. The minimum Gasteiger partial charge on any atom is -0.481 e. The lowest BCUT2D eigenvalue weighted by Crippen LogP contribution is -2.48. The van der Waals surface area contributed by atoms with Crippen LogP contribution in [0.2, 0.25) is 0 Å². The van der Waals surface area contributed by atoms with Gasteiger partial charge in [-0.25, -0.2) is 9.18 Å². The van der Waals surface area contributed by atoms with Crippen molar-refractivity contribution in [3.63, 3.8) is 0 Å². The number of aromatic nitrogens is 2. The Hall–Kier alpha value is -3.43.